The maximum Gasteiger partial charge on any atom is 0.0481 e. The summed E-state index contributed by atoms with van der Waals surface area (Å²) in [6.45, 7) is 28.9. The standard InChI is InChI=1S/C24H46Si3/c1-12-20-13-15-21(16-14-20)17-22-19(2)23(25(3,4)5)18-24(22,26(6,7)8)27(9,10)11/h13-16,19,22-23H,12,17-18H2,1-11H3. The lowest BCUT2D eigenvalue weighted by molar-refractivity contribution is 0.382. The quantitative estimate of drug-likeness (QED) is 0.409. The van der Waals surface area contributed by atoms with E-state index in [-0.39, 0.29) is 0 Å². The van der Waals surface area contributed by atoms with E-state index in [2.05, 4.69) is 97.0 Å². The Kier molecular flexibility index (Phi) is 6.52. The molecular weight excluding hydrogens is 373 g/mol. The van der Waals surface area contributed by atoms with E-state index in [0.717, 1.165) is 23.8 Å². The molecule has 0 radical (unpaired) electrons. The van der Waals surface area contributed by atoms with Crippen molar-refractivity contribution in [1.82, 2.24) is 0 Å². The Labute approximate surface area is 173 Å². The summed E-state index contributed by atoms with van der Waals surface area (Å²) in [5, 5.41) is 0. The SMILES string of the molecule is CCc1ccc(CC2C(C)C([Si](C)(C)C)CC2([Si](C)(C)C)[Si](C)(C)C)cc1. The van der Waals surface area contributed by atoms with Gasteiger partial charge in [-0.25, -0.2) is 0 Å². The van der Waals surface area contributed by atoms with Crippen molar-refractivity contribution in [1.29, 1.82) is 0 Å². The molecular formula is C24H46Si3. The molecule has 3 atom stereocenters. The molecule has 154 valence electrons. The van der Waals surface area contributed by atoms with E-state index in [9.17, 15) is 0 Å². The monoisotopic (exact) mass is 418 g/mol. The zero-order valence-corrected chi connectivity index (χ0v) is 23.2. The second kappa shape index (κ2) is 7.61. The Morgan fingerprint density at radius 2 is 1.26 bits per heavy atom. The van der Waals surface area contributed by atoms with Gasteiger partial charge in [0.15, 0.2) is 0 Å². The maximum absolute atomic E-state index is 2.69. The first-order valence-corrected chi connectivity index (χ1v) is 21.8. The number of hydrogen-bond acceptors (Lipinski definition) is 0. The summed E-state index contributed by atoms with van der Waals surface area (Å²) >= 11 is 0. The van der Waals surface area contributed by atoms with E-state index in [0.29, 0.717) is 4.66 Å². The summed E-state index contributed by atoms with van der Waals surface area (Å²) in [6.07, 6.45) is 3.99. The molecule has 0 bridgehead atoms. The Morgan fingerprint density at radius 3 is 1.63 bits per heavy atom. The fraction of sp³-hybridized carbons (Fsp3) is 0.750. The molecule has 0 aromatic heterocycles. The minimum atomic E-state index is -1.32. The smallest absolute Gasteiger partial charge is 0.0481 e. The lowest BCUT2D eigenvalue weighted by Crippen LogP contribution is -2.57. The molecule has 1 saturated carbocycles. The first-order valence-electron chi connectivity index (χ1n) is 11.2. The van der Waals surface area contributed by atoms with E-state index < -0.39 is 24.2 Å². The first kappa shape index (κ1) is 23.2. The highest BCUT2D eigenvalue weighted by Gasteiger charge is 2.64. The van der Waals surface area contributed by atoms with Crippen molar-refractivity contribution >= 4 is 24.2 Å². The lowest BCUT2D eigenvalue weighted by atomic mass is 9.89. The Balaban J connectivity index is 2.55. The van der Waals surface area contributed by atoms with Crippen LogP contribution in [0.4, 0.5) is 0 Å². The van der Waals surface area contributed by atoms with Gasteiger partial charge in [0.1, 0.15) is 0 Å². The van der Waals surface area contributed by atoms with Crippen LogP contribution < -0.4 is 0 Å². The van der Waals surface area contributed by atoms with Crippen LogP contribution in [0.25, 0.3) is 0 Å². The summed E-state index contributed by atoms with van der Waals surface area (Å²) in [5.41, 5.74) is 4.04. The molecule has 3 heteroatoms. The highest BCUT2D eigenvalue weighted by atomic mass is 28.4. The molecule has 1 aliphatic rings. The normalized spacial score (nSPS) is 26.4. The Hall–Kier alpha value is -0.129. The predicted octanol–water partition coefficient (Wildman–Crippen LogP) is 8.11. The van der Waals surface area contributed by atoms with Gasteiger partial charge in [-0.05, 0) is 46.0 Å². The highest BCUT2D eigenvalue weighted by Crippen LogP contribution is 2.69. The van der Waals surface area contributed by atoms with Crippen LogP contribution >= 0.6 is 0 Å². The van der Waals surface area contributed by atoms with Gasteiger partial charge in [0.2, 0.25) is 0 Å². The molecule has 0 saturated heterocycles. The molecule has 27 heavy (non-hydrogen) atoms. The number of aryl methyl sites for hydroxylation is 1. The average molecular weight is 419 g/mol. The van der Waals surface area contributed by atoms with E-state index in [1.165, 1.54) is 18.4 Å². The zero-order valence-electron chi connectivity index (χ0n) is 20.2. The largest absolute Gasteiger partial charge is 0.0693 e. The van der Waals surface area contributed by atoms with Crippen LogP contribution in [-0.4, -0.2) is 24.2 Å². The molecule has 1 aromatic carbocycles. The van der Waals surface area contributed by atoms with Gasteiger partial charge >= 0.3 is 0 Å². The first-order chi connectivity index (χ1) is 12.1. The van der Waals surface area contributed by atoms with Crippen molar-refractivity contribution in [2.75, 3.05) is 0 Å². The van der Waals surface area contributed by atoms with Gasteiger partial charge in [-0.15, -0.1) is 0 Å². The minimum Gasteiger partial charge on any atom is -0.0693 e. The van der Waals surface area contributed by atoms with Gasteiger partial charge in [0.05, 0.1) is 0 Å². The molecule has 1 aromatic rings. The molecule has 0 heterocycles. The van der Waals surface area contributed by atoms with Gasteiger partial charge in [0.25, 0.3) is 0 Å². The topological polar surface area (TPSA) is 0 Å². The molecule has 0 nitrogen and oxygen atoms in total. The van der Waals surface area contributed by atoms with E-state index in [1.807, 2.05) is 0 Å². The van der Waals surface area contributed by atoms with Gasteiger partial charge in [0, 0.05) is 24.2 Å². The molecule has 0 amide bonds. The predicted molar refractivity (Wildman–Crippen MR) is 133 cm³/mol. The van der Waals surface area contributed by atoms with Crippen molar-refractivity contribution in [3.63, 3.8) is 0 Å². The van der Waals surface area contributed by atoms with Crippen LogP contribution in [0, 0.1) is 11.8 Å². The Morgan fingerprint density at radius 1 is 0.815 bits per heavy atom. The van der Waals surface area contributed by atoms with Crippen LogP contribution in [0.2, 0.25) is 69.1 Å². The molecule has 1 aliphatic carbocycles. The fourth-order valence-electron chi connectivity index (χ4n) is 6.88. The summed E-state index contributed by atoms with van der Waals surface area (Å²) in [5.74, 6) is 1.75. The van der Waals surface area contributed by atoms with Crippen LogP contribution in [0.1, 0.15) is 31.4 Å². The van der Waals surface area contributed by atoms with Crippen molar-refractivity contribution < 1.29 is 0 Å². The van der Waals surface area contributed by atoms with Gasteiger partial charge < -0.3 is 0 Å². The van der Waals surface area contributed by atoms with Crippen LogP contribution in [0.5, 0.6) is 0 Å². The molecule has 1 fully saturated rings. The van der Waals surface area contributed by atoms with E-state index >= 15 is 0 Å². The minimum absolute atomic E-state index is 0.647. The van der Waals surface area contributed by atoms with Gasteiger partial charge in [-0.1, -0.05) is 103 Å². The van der Waals surface area contributed by atoms with Crippen LogP contribution in [-0.2, 0) is 12.8 Å². The van der Waals surface area contributed by atoms with Crippen molar-refractivity contribution in [2.45, 2.75) is 102 Å². The zero-order chi connectivity index (χ0) is 20.8. The summed E-state index contributed by atoms with van der Waals surface area (Å²) in [4.78, 5) is 0. The fourth-order valence-corrected chi connectivity index (χ4v) is 23.7. The molecule has 0 N–H and O–H groups in total. The average Bonchev–Trinajstić information content (AvgIpc) is 2.82. The van der Waals surface area contributed by atoms with Crippen molar-refractivity contribution in [3.8, 4) is 0 Å². The van der Waals surface area contributed by atoms with Gasteiger partial charge in [-0.3, -0.25) is 0 Å². The van der Waals surface area contributed by atoms with Gasteiger partial charge in [-0.2, -0.15) is 0 Å². The number of rotatable bonds is 6. The molecule has 3 unspecified atom stereocenters. The van der Waals surface area contributed by atoms with E-state index in [1.54, 1.807) is 5.56 Å². The maximum atomic E-state index is 2.69. The highest BCUT2D eigenvalue weighted by molar-refractivity contribution is 6.99. The van der Waals surface area contributed by atoms with E-state index in [4.69, 9.17) is 0 Å². The molecule has 0 aliphatic heterocycles. The van der Waals surface area contributed by atoms with Crippen LogP contribution in [0.15, 0.2) is 24.3 Å². The Bertz CT molecular complexity index is 612. The third-order valence-electron chi connectivity index (χ3n) is 8.12. The second-order valence-corrected chi connectivity index (χ2v) is 29.2. The number of benzene rings is 1. The van der Waals surface area contributed by atoms with Crippen LogP contribution in [0.3, 0.4) is 0 Å². The third-order valence-corrected chi connectivity index (χ3v) is 22.1. The lowest BCUT2D eigenvalue weighted by Gasteiger charge is -2.54. The number of hydrogen-bond donors (Lipinski definition) is 0. The second-order valence-electron chi connectivity index (χ2n) is 12.5. The van der Waals surface area contributed by atoms with Crippen molar-refractivity contribution in [3.05, 3.63) is 35.4 Å². The summed E-state index contributed by atoms with van der Waals surface area (Å²) in [6, 6.07) is 9.62. The van der Waals surface area contributed by atoms with Crippen molar-refractivity contribution in [2.24, 2.45) is 11.8 Å². The summed E-state index contributed by atoms with van der Waals surface area (Å²) < 4.78 is 0.647. The molecule has 0 spiro atoms. The molecule has 2 rings (SSSR count). The summed E-state index contributed by atoms with van der Waals surface area (Å²) in [7, 11) is -3.81. The third kappa shape index (κ3) is 4.25.